The topological polar surface area (TPSA) is 92.8 Å². The van der Waals surface area contributed by atoms with Gasteiger partial charge in [0, 0.05) is 0 Å². The molecule has 0 aliphatic carbocycles. The summed E-state index contributed by atoms with van der Waals surface area (Å²) < 4.78 is 18.4. The summed E-state index contributed by atoms with van der Waals surface area (Å²) in [6.07, 6.45) is 0. The Morgan fingerprint density at radius 3 is 2.39 bits per heavy atom. The Kier molecular flexibility index (Phi) is 5.21. The van der Waals surface area contributed by atoms with Gasteiger partial charge in [-0.3, -0.25) is 19.3 Å². The molecule has 0 unspecified atom stereocenters. The van der Waals surface area contributed by atoms with Gasteiger partial charge in [0.2, 0.25) is 5.78 Å². The van der Waals surface area contributed by atoms with E-state index in [1.807, 2.05) is 0 Å². The Labute approximate surface area is 160 Å². The summed E-state index contributed by atoms with van der Waals surface area (Å²) >= 11 is 0. The van der Waals surface area contributed by atoms with Crippen LogP contribution in [0, 0.1) is 5.82 Å². The van der Waals surface area contributed by atoms with Crippen LogP contribution in [0.25, 0.3) is 0 Å². The third-order valence-electron chi connectivity index (χ3n) is 4.45. The van der Waals surface area contributed by atoms with Crippen LogP contribution in [-0.2, 0) is 19.9 Å². The largest absolute Gasteiger partial charge is 0.456 e. The predicted octanol–water partition coefficient (Wildman–Crippen LogP) is 2.02. The van der Waals surface area contributed by atoms with E-state index in [1.165, 1.54) is 25.1 Å². The molecule has 0 radical (unpaired) electrons. The molecule has 0 aromatic heterocycles. The number of rotatable bonds is 6. The molecule has 2 aromatic rings. The summed E-state index contributed by atoms with van der Waals surface area (Å²) in [4.78, 5) is 49.6. The zero-order valence-electron chi connectivity index (χ0n) is 15.0. The van der Waals surface area contributed by atoms with Gasteiger partial charge >= 0.3 is 12.0 Å². The molecular weight excluding hydrogens is 367 g/mol. The predicted molar refractivity (Wildman–Crippen MR) is 95.7 cm³/mol. The summed E-state index contributed by atoms with van der Waals surface area (Å²) in [5.41, 5.74) is -0.942. The number of ether oxygens (including phenoxy) is 1. The summed E-state index contributed by atoms with van der Waals surface area (Å²) in [5.74, 6) is -3.01. The number of amides is 3. The number of nitrogens with zero attached hydrogens (tertiary/aromatic N) is 1. The SMILES string of the molecule is C[C@@]1(c2ccccc2)NC(=O)N(CC(=O)OCC(=O)c2ccccc2F)C1=O. The average molecular weight is 384 g/mol. The van der Waals surface area contributed by atoms with Gasteiger partial charge in [0.25, 0.3) is 5.91 Å². The van der Waals surface area contributed by atoms with Crippen LogP contribution in [-0.4, -0.2) is 41.7 Å². The lowest BCUT2D eigenvalue weighted by atomic mass is 9.92. The van der Waals surface area contributed by atoms with E-state index in [0.717, 1.165) is 11.0 Å². The summed E-state index contributed by atoms with van der Waals surface area (Å²) in [6, 6.07) is 13.2. The number of hydrogen-bond donors (Lipinski definition) is 1. The number of esters is 1. The maximum Gasteiger partial charge on any atom is 0.326 e. The van der Waals surface area contributed by atoms with Gasteiger partial charge in [-0.05, 0) is 24.6 Å². The molecule has 1 saturated heterocycles. The number of imide groups is 1. The van der Waals surface area contributed by atoms with Gasteiger partial charge in [0.05, 0.1) is 5.56 Å². The fourth-order valence-electron chi connectivity index (χ4n) is 2.89. The highest BCUT2D eigenvalue weighted by molar-refractivity contribution is 6.09. The molecule has 1 aliphatic heterocycles. The van der Waals surface area contributed by atoms with E-state index in [9.17, 15) is 23.6 Å². The summed E-state index contributed by atoms with van der Waals surface area (Å²) in [5, 5.41) is 2.56. The first-order valence-corrected chi connectivity index (χ1v) is 8.46. The number of carbonyl (C=O) groups is 4. The number of halogens is 1. The maximum atomic E-state index is 13.6. The van der Waals surface area contributed by atoms with Crippen LogP contribution in [0.4, 0.5) is 9.18 Å². The zero-order chi connectivity index (χ0) is 20.3. The molecule has 28 heavy (non-hydrogen) atoms. The van der Waals surface area contributed by atoms with Gasteiger partial charge < -0.3 is 10.1 Å². The first kappa shape index (κ1) is 19.2. The molecule has 7 nitrogen and oxygen atoms in total. The van der Waals surface area contributed by atoms with Crippen LogP contribution >= 0.6 is 0 Å². The minimum Gasteiger partial charge on any atom is -0.456 e. The molecule has 3 amide bonds. The van der Waals surface area contributed by atoms with E-state index < -0.39 is 48.2 Å². The molecule has 0 saturated carbocycles. The Balaban J connectivity index is 1.63. The number of ketones is 1. The molecule has 8 heteroatoms. The highest BCUT2D eigenvalue weighted by Gasteiger charge is 2.49. The Bertz CT molecular complexity index is 947. The molecule has 1 atom stereocenters. The van der Waals surface area contributed by atoms with Gasteiger partial charge in [-0.25, -0.2) is 9.18 Å². The number of hydrogen-bond acceptors (Lipinski definition) is 5. The highest BCUT2D eigenvalue weighted by Crippen LogP contribution is 2.28. The first-order valence-electron chi connectivity index (χ1n) is 8.46. The van der Waals surface area contributed by atoms with Gasteiger partial charge in [0.15, 0.2) is 6.61 Å². The fraction of sp³-hybridized carbons (Fsp3) is 0.200. The van der Waals surface area contributed by atoms with Crippen LogP contribution in [0.3, 0.4) is 0 Å². The molecule has 144 valence electrons. The second-order valence-corrected chi connectivity index (χ2v) is 6.38. The summed E-state index contributed by atoms with van der Waals surface area (Å²) in [7, 11) is 0. The van der Waals surface area contributed by atoms with Crippen molar-refractivity contribution in [2.24, 2.45) is 0 Å². The van der Waals surface area contributed by atoms with Crippen molar-refractivity contribution in [1.29, 1.82) is 0 Å². The third kappa shape index (κ3) is 3.62. The Morgan fingerprint density at radius 1 is 1.07 bits per heavy atom. The molecule has 1 aliphatic rings. The highest BCUT2D eigenvalue weighted by atomic mass is 19.1. The number of nitrogens with one attached hydrogen (secondary N) is 1. The second kappa shape index (κ2) is 7.59. The molecule has 1 fully saturated rings. The number of urea groups is 1. The van der Waals surface area contributed by atoms with E-state index in [4.69, 9.17) is 4.74 Å². The quantitative estimate of drug-likeness (QED) is 0.467. The van der Waals surface area contributed by atoms with Crippen LogP contribution in [0.15, 0.2) is 54.6 Å². The van der Waals surface area contributed by atoms with Gasteiger partial charge in [-0.1, -0.05) is 42.5 Å². The average Bonchev–Trinajstić information content (AvgIpc) is 2.91. The molecule has 1 heterocycles. The van der Waals surface area contributed by atoms with Crippen LogP contribution in [0.5, 0.6) is 0 Å². The first-order chi connectivity index (χ1) is 13.3. The smallest absolute Gasteiger partial charge is 0.326 e. The normalized spacial score (nSPS) is 18.7. The van der Waals surface area contributed by atoms with Gasteiger partial charge in [0.1, 0.15) is 17.9 Å². The lowest BCUT2D eigenvalue weighted by Gasteiger charge is -2.21. The molecular formula is C20H17FN2O5. The van der Waals surface area contributed by atoms with Crippen molar-refractivity contribution in [3.05, 3.63) is 71.5 Å². The van der Waals surface area contributed by atoms with E-state index in [-0.39, 0.29) is 5.56 Å². The molecule has 3 rings (SSSR count). The van der Waals surface area contributed by atoms with Crippen molar-refractivity contribution < 1.29 is 28.3 Å². The van der Waals surface area contributed by atoms with Gasteiger partial charge in [-0.2, -0.15) is 0 Å². The van der Waals surface area contributed by atoms with E-state index >= 15 is 0 Å². The Morgan fingerprint density at radius 2 is 1.71 bits per heavy atom. The van der Waals surface area contributed by atoms with Crippen molar-refractivity contribution >= 4 is 23.7 Å². The van der Waals surface area contributed by atoms with Crippen molar-refractivity contribution in [2.45, 2.75) is 12.5 Å². The summed E-state index contributed by atoms with van der Waals surface area (Å²) in [6.45, 7) is 0.187. The standard InChI is InChI=1S/C20H17FN2O5/c1-20(13-7-3-2-4-8-13)18(26)23(19(27)22-20)11-17(25)28-12-16(24)14-9-5-6-10-15(14)21/h2-10H,11-12H2,1H3,(H,22,27)/t20-/m0/s1. The minimum atomic E-state index is -1.30. The molecule has 0 spiro atoms. The number of carbonyl (C=O) groups excluding carboxylic acids is 4. The van der Waals surface area contributed by atoms with Crippen LogP contribution in [0.1, 0.15) is 22.8 Å². The zero-order valence-corrected chi connectivity index (χ0v) is 15.0. The van der Waals surface area contributed by atoms with Crippen LogP contribution in [0.2, 0.25) is 0 Å². The Hall–Kier alpha value is -3.55. The van der Waals surface area contributed by atoms with E-state index in [1.54, 1.807) is 30.3 Å². The van der Waals surface area contributed by atoms with Crippen molar-refractivity contribution in [3.8, 4) is 0 Å². The van der Waals surface area contributed by atoms with E-state index in [2.05, 4.69) is 5.32 Å². The van der Waals surface area contributed by atoms with Crippen molar-refractivity contribution in [2.75, 3.05) is 13.2 Å². The van der Waals surface area contributed by atoms with Crippen LogP contribution < -0.4 is 5.32 Å². The minimum absolute atomic E-state index is 0.207. The van der Waals surface area contributed by atoms with Crippen molar-refractivity contribution in [1.82, 2.24) is 10.2 Å². The monoisotopic (exact) mass is 384 g/mol. The lowest BCUT2D eigenvalue weighted by molar-refractivity contribution is -0.146. The van der Waals surface area contributed by atoms with E-state index in [0.29, 0.717) is 5.56 Å². The number of Topliss-reactive ketones (excluding diaryl/α,β-unsaturated/α-hetero) is 1. The molecule has 2 aromatic carbocycles. The fourth-order valence-corrected chi connectivity index (χ4v) is 2.89. The number of benzene rings is 2. The third-order valence-corrected chi connectivity index (χ3v) is 4.45. The van der Waals surface area contributed by atoms with Crippen molar-refractivity contribution in [3.63, 3.8) is 0 Å². The van der Waals surface area contributed by atoms with Gasteiger partial charge in [-0.15, -0.1) is 0 Å². The second-order valence-electron chi connectivity index (χ2n) is 6.38. The molecule has 0 bridgehead atoms. The molecule has 1 N–H and O–H groups in total. The maximum absolute atomic E-state index is 13.6. The lowest BCUT2D eigenvalue weighted by Crippen LogP contribution is -2.41.